The number of alkyl halides is 3. The number of hydrogen-bond acceptors (Lipinski definition) is 5. The zero-order chi connectivity index (χ0) is 16.4. The van der Waals surface area contributed by atoms with Crippen LogP contribution in [0, 0.1) is 0 Å². The van der Waals surface area contributed by atoms with Crippen molar-refractivity contribution in [2.45, 2.75) is 25.7 Å². The van der Waals surface area contributed by atoms with Gasteiger partial charge in [0.2, 0.25) is 11.7 Å². The maximum Gasteiger partial charge on any atom is 0.416 e. The first-order valence-electron chi connectivity index (χ1n) is 7.38. The van der Waals surface area contributed by atoms with Crippen LogP contribution in [0.4, 0.5) is 13.2 Å². The molecule has 0 amide bonds. The summed E-state index contributed by atoms with van der Waals surface area (Å²) in [7, 11) is 0. The van der Waals surface area contributed by atoms with Gasteiger partial charge in [-0.05, 0) is 19.1 Å². The molecule has 0 saturated carbocycles. The Morgan fingerprint density at radius 2 is 2.17 bits per heavy atom. The van der Waals surface area contributed by atoms with Gasteiger partial charge in [0.25, 0.3) is 0 Å². The highest BCUT2D eigenvalue weighted by Crippen LogP contribution is 2.31. The molecular formula is C15H18ClF3N4O. The van der Waals surface area contributed by atoms with Gasteiger partial charge in [-0.1, -0.05) is 17.3 Å². The number of nitrogens with one attached hydrogen (secondary N) is 1. The van der Waals surface area contributed by atoms with E-state index in [1.54, 1.807) is 0 Å². The molecule has 1 saturated heterocycles. The second-order valence-corrected chi connectivity index (χ2v) is 5.61. The number of piperazine rings is 1. The summed E-state index contributed by atoms with van der Waals surface area (Å²) in [5.41, 5.74) is -0.430. The first-order valence-corrected chi connectivity index (χ1v) is 7.38. The maximum absolute atomic E-state index is 12.8. The van der Waals surface area contributed by atoms with Gasteiger partial charge >= 0.3 is 6.18 Å². The van der Waals surface area contributed by atoms with Crippen LogP contribution in [0.1, 0.15) is 18.4 Å². The third-order valence-corrected chi connectivity index (χ3v) is 3.89. The SMILES string of the molecule is C[C@H]1CNCCN1Cc1nc(-c2cccc(C(F)(F)F)c2)no1.Cl. The summed E-state index contributed by atoms with van der Waals surface area (Å²) in [6.45, 7) is 5.22. The van der Waals surface area contributed by atoms with Crippen LogP contribution >= 0.6 is 12.4 Å². The van der Waals surface area contributed by atoms with Crippen molar-refractivity contribution in [3.8, 4) is 11.4 Å². The van der Waals surface area contributed by atoms with Crippen molar-refractivity contribution in [3.63, 3.8) is 0 Å². The van der Waals surface area contributed by atoms with Crippen molar-refractivity contribution in [1.82, 2.24) is 20.4 Å². The molecule has 0 unspecified atom stereocenters. The lowest BCUT2D eigenvalue weighted by Crippen LogP contribution is -2.49. The standard InChI is InChI=1S/C15H17F3N4O.ClH/c1-10-8-19-5-6-22(10)9-13-20-14(21-23-13)11-3-2-4-12(7-11)15(16,17)18;/h2-4,7,10,19H,5-6,8-9H2,1H3;1H/t10-;/m0./s1. The van der Waals surface area contributed by atoms with Gasteiger partial charge in [0.05, 0.1) is 12.1 Å². The normalized spacial score (nSPS) is 19.1. The van der Waals surface area contributed by atoms with E-state index in [0.29, 0.717) is 24.0 Å². The molecule has 24 heavy (non-hydrogen) atoms. The summed E-state index contributed by atoms with van der Waals surface area (Å²) in [6.07, 6.45) is -4.39. The van der Waals surface area contributed by atoms with Gasteiger partial charge in [0.1, 0.15) is 0 Å². The minimum atomic E-state index is -4.39. The highest BCUT2D eigenvalue weighted by molar-refractivity contribution is 5.85. The summed E-state index contributed by atoms with van der Waals surface area (Å²) >= 11 is 0. The molecule has 1 aromatic carbocycles. The maximum atomic E-state index is 12.8. The number of rotatable bonds is 3. The van der Waals surface area contributed by atoms with Crippen LogP contribution < -0.4 is 5.32 Å². The number of aromatic nitrogens is 2. The Morgan fingerprint density at radius 3 is 2.88 bits per heavy atom. The van der Waals surface area contributed by atoms with Gasteiger partial charge in [-0.2, -0.15) is 18.2 Å². The molecule has 0 spiro atoms. The molecule has 2 heterocycles. The quantitative estimate of drug-likeness (QED) is 0.909. The molecule has 1 fully saturated rings. The summed E-state index contributed by atoms with van der Waals surface area (Å²) in [4.78, 5) is 6.42. The Labute approximate surface area is 143 Å². The Hall–Kier alpha value is -1.64. The molecule has 1 N–H and O–H groups in total. The molecule has 5 nitrogen and oxygen atoms in total. The Morgan fingerprint density at radius 1 is 1.38 bits per heavy atom. The molecule has 0 radical (unpaired) electrons. The third kappa shape index (κ3) is 4.25. The second kappa shape index (κ2) is 7.50. The van der Waals surface area contributed by atoms with E-state index >= 15 is 0 Å². The van der Waals surface area contributed by atoms with E-state index in [1.165, 1.54) is 12.1 Å². The van der Waals surface area contributed by atoms with Gasteiger partial charge < -0.3 is 9.84 Å². The number of nitrogens with zero attached hydrogens (tertiary/aromatic N) is 3. The molecule has 132 valence electrons. The fourth-order valence-corrected chi connectivity index (χ4v) is 2.56. The van der Waals surface area contributed by atoms with Crippen LogP contribution in [0.15, 0.2) is 28.8 Å². The van der Waals surface area contributed by atoms with Gasteiger partial charge in [-0.25, -0.2) is 0 Å². The molecule has 1 aliphatic heterocycles. The molecule has 0 aliphatic carbocycles. The van der Waals surface area contributed by atoms with E-state index in [2.05, 4.69) is 27.3 Å². The van der Waals surface area contributed by atoms with Crippen molar-refractivity contribution >= 4 is 12.4 Å². The van der Waals surface area contributed by atoms with Crippen molar-refractivity contribution in [1.29, 1.82) is 0 Å². The molecule has 1 aromatic heterocycles. The number of hydrogen-bond donors (Lipinski definition) is 1. The molecule has 1 aliphatic rings. The molecule has 9 heteroatoms. The monoisotopic (exact) mass is 362 g/mol. The first-order chi connectivity index (χ1) is 10.9. The molecule has 0 bridgehead atoms. The largest absolute Gasteiger partial charge is 0.416 e. The van der Waals surface area contributed by atoms with Gasteiger partial charge in [0, 0.05) is 31.2 Å². The van der Waals surface area contributed by atoms with Crippen LogP contribution in [0.5, 0.6) is 0 Å². The van der Waals surface area contributed by atoms with E-state index in [1.807, 2.05) is 0 Å². The molecule has 1 atom stereocenters. The Balaban J connectivity index is 0.00000208. The molecule has 2 aromatic rings. The average Bonchev–Trinajstić information content (AvgIpc) is 2.98. The summed E-state index contributed by atoms with van der Waals surface area (Å²) in [6, 6.07) is 5.27. The van der Waals surface area contributed by atoms with Gasteiger partial charge in [-0.15, -0.1) is 12.4 Å². The third-order valence-electron chi connectivity index (χ3n) is 3.89. The van der Waals surface area contributed by atoms with Crippen LogP contribution in [-0.4, -0.2) is 40.7 Å². The smallest absolute Gasteiger partial charge is 0.338 e. The van der Waals surface area contributed by atoms with Crippen molar-refractivity contribution in [3.05, 3.63) is 35.7 Å². The summed E-state index contributed by atoms with van der Waals surface area (Å²) in [5, 5.41) is 7.09. The predicted octanol–water partition coefficient (Wildman–Crippen LogP) is 2.97. The fraction of sp³-hybridized carbons (Fsp3) is 0.467. The zero-order valence-electron chi connectivity index (χ0n) is 13.0. The lowest BCUT2D eigenvalue weighted by atomic mass is 10.1. The Kier molecular flexibility index (Phi) is 5.84. The summed E-state index contributed by atoms with van der Waals surface area (Å²) in [5.74, 6) is 0.583. The van der Waals surface area contributed by atoms with Crippen molar-refractivity contribution in [2.24, 2.45) is 0 Å². The summed E-state index contributed by atoms with van der Waals surface area (Å²) < 4.78 is 43.5. The highest BCUT2D eigenvalue weighted by atomic mass is 35.5. The van der Waals surface area contributed by atoms with E-state index < -0.39 is 11.7 Å². The van der Waals surface area contributed by atoms with Gasteiger partial charge in [0.15, 0.2) is 0 Å². The number of benzene rings is 1. The lowest BCUT2D eigenvalue weighted by Gasteiger charge is -2.32. The van der Waals surface area contributed by atoms with Crippen LogP contribution in [0.2, 0.25) is 0 Å². The highest BCUT2D eigenvalue weighted by Gasteiger charge is 2.31. The average molecular weight is 363 g/mol. The van der Waals surface area contributed by atoms with Crippen LogP contribution in [0.25, 0.3) is 11.4 Å². The first kappa shape index (κ1) is 18.7. The van der Waals surface area contributed by atoms with E-state index in [-0.39, 0.29) is 18.2 Å². The minimum absolute atomic E-state index is 0. The lowest BCUT2D eigenvalue weighted by molar-refractivity contribution is -0.137. The number of halogens is 4. The van der Waals surface area contributed by atoms with Crippen molar-refractivity contribution in [2.75, 3.05) is 19.6 Å². The van der Waals surface area contributed by atoms with E-state index in [0.717, 1.165) is 31.8 Å². The van der Waals surface area contributed by atoms with Crippen molar-refractivity contribution < 1.29 is 17.7 Å². The zero-order valence-corrected chi connectivity index (χ0v) is 13.8. The molecular weight excluding hydrogens is 345 g/mol. The minimum Gasteiger partial charge on any atom is -0.338 e. The van der Waals surface area contributed by atoms with Crippen LogP contribution in [-0.2, 0) is 12.7 Å². The topological polar surface area (TPSA) is 54.2 Å². The van der Waals surface area contributed by atoms with Gasteiger partial charge in [-0.3, -0.25) is 4.90 Å². The van der Waals surface area contributed by atoms with E-state index in [9.17, 15) is 13.2 Å². The van der Waals surface area contributed by atoms with Crippen LogP contribution in [0.3, 0.4) is 0 Å². The fourth-order valence-electron chi connectivity index (χ4n) is 2.56. The predicted molar refractivity (Wildman–Crippen MR) is 84.7 cm³/mol. The Bertz CT molecular complexity index is 677. The second-order valence-electron chi connectivity index (χ2n) is 5.61. The van der Waals surface area contributed by atoms with E-state index in [4.69, 9.17) is 4.52 Å². The molecule has 3 rings (SSSR count).